The third-order valence-electron chi connectivity index (χ3n) is 3.55. The van der Waals surface area contributed by atoms with Crippen LogP contribution < -0.4 is 0 Å². The second kappa shape index (κ2) is 5.83. The van der Waals surface area contributed by atoms with Crippen LogP contribution in [0.1, 0.15) is 5.56 Å². The minimum atomic E-state index is -0.0139. The number of hydrogen-bond acceptors (Lipinski definition) is 3. The Morgan fingerprint density at radius 3 is 2.78 bits per heavy atom. The average Bonchev–Trinajstić information content (AvgIpc) is 2.35. The maximum absolute atomic E-state index is 12.3. The Morgan fingerprint density at radius 1 is 1.33 bits per heavy atom. The van der Waals surface area contributed by atoms with Crippen LogP contribution in [0.2, 0.25) is 5.02 Å². The molecule has 2 rings (SSSR count). The molecule has 1 aromatic rings. The average molecular weight is 267 g/mol. The predicted octanol–water partition coefficient (Wildman–Crippen LogP) is 1.70. The van der Waals surface area contributed by atoms with Crippen LogP contribution in [-0.4, -0.2) is 55.4 Å². The van der Waals surface area contributed by atoms with Gasteiger partial charge in [-0.05, 0) is 25.7 Å². The molecule has 0 bridgehead atoms. The zero-order valence-electron chi connectivity index (χ0n) is 10.9. The van der Waals surface area contributed by atoms with Gasteiger partial charge in [-0.3, -0.25) is 9.69 Å². The van der Waals surface area contributed by atoms with Crippen LogP contribution in [0.15, 0.2) is 24.3 Å². The maximum Gasteiger partial charge on any atom is 0.155 e. The van der Waals surface area contributed by atoms with Crippen LogP contribution >= 0.6 is 11.6 Å². The van der Waals surface area contributed by atoms with Gasteiger partial charge < -0.3 is 4.90 Å². The van der Waals surface area contributed by atoms with Crippen molar-refractivity contribution in [2.24, 2.45) is 0 Å². The molecule has 0 radical (unpaired) electrons. The number of nitrogens with zero attached hydrogens (tertiary/aromatic N) is 2. The maximum atomic E-state index is 12.3. The zero-order valence-corrected chi connectivity index (χ0v) is 11.7. The molecule has 0 aliphatic carbocycles. The largest absolute Gasteiger partial charge is 0.303 e. The van der Waals surface area contributed by atoms with Gasteiger partial charge >= 0.3 is 0 Å². The highest BCUT2D eigenvalue weighted by Gasteiger charge is 2.28. The molecule has 0 spiro atoms. The molecule has 1 atom stereocenters. The minimum Gasteiger partial charge on any atom is -0.303 e. The molecule has 3 nitrogen and oxygen atoms in total. The van der Waals surface area contributed by atoms with Gasteiger partial charge in [0.25, 0.3) is 0 Å². The van der Waals surface area contributed by atoms with E-state index >= 15 is 0 Å². The number of hydrogen-bond donors (Lipinski definition) is 0. The molecule has 98 valence electrons. The van der Waals surface area contributed by atoms with Gasteiger partial charge in [0.15, 0.2) is 5.78 Å². The lowest BCUT2D eigenvalue weighted by atomic mass is 10.0. The van der Waals surface area contributed by atoms with Crippen LogP contribution in [-0.2, 0) is 11.2 Å². The number of carbonyl (C=O) groups excluding carboxylic acids is 1. The standard InChI is InChI=1S/C14H19ClN2O/c1-16-7-8-17(2)13(10-16)14(18)9-11-5-3-4-6-12(11)15/h3-6,13H,7-10H2,1-2H3. The highest BCUT2D eigenvalue weighted by Crippen LogP contribution is 2.17. The van der Waals surface area contributed by atoms with Gasteiger partial charge in [0.1, 0.15) is 0 Å². The topological polar surface area (TPSA) is 23.6 Å². The molecule has 0 N–H and O–H groups in total. The van der Waals surface area contributed by atoms with Crippen LogP contribution in [0.4, 0.5) is 0 Å². The summed E-state index contributed by atoms with van der Waals surface area (Å²) in [5.41, 5.74) is 0.922. The SMILES string of the molecule is CN1CCN(C)C(C(=O)Cc2ccccc2Cl)C1. The summed E-state index contributed by atoms with van der Waals surface area (Å²) >= 11 is 6.10. The molecule has 1 aliphatic rings. The molecule has 1 aromatic carbocycles. The van der Waals surface area contributed by atoms with Gasteiger partial charge in [-0.25, -0.2) is 0 Å². The van der Waals surface area contributed by atoms with Crippen molar-refractivity contribution in [3.63, 3.8) is 0 Å². The van der Waals surface area contributed by atoms with Crippen molar-refractivity contribution in [3.05, 3.63) is 34.9 Å². The van der Waals surface area contributed by atoms with Crippen molar-refractivity contribution in [1.82, 2.24) is 9.80 Å². The van der Waals surface area contributed by atoms with Crippen LogP contribution in [0.3, 0.4) is 0 Å². The van der Waals surface area contributed by atoms with E-state index in [-0.39, 0.29) is 11.8 Å². The van der Waals surface area contributed by atoms with Crippen LogP contribution in [0.5, 0.6) is 0 Å². The minimum absolute atomic E-state index is 0.0139. The Balaban J connectivity index is 2.05. The summed E-state index contributed by atoms with van der Waals surface area (Å²) in [7, 11) is 4.07. The van der Waals surface area contributed by atoms with E-state index in [1.807, 2.05) is 31.3 Å². The number of Topliss-reactive ketones (excluding diaryl/α,β-unsaturated/α-hetero) is 1. The first kappa shape index (κ1) is 13.5. The van der Waals surface area contributed by atoms with Crippen molar-refractivity contribution < 1.29 is 4.79 Å². The molecule has 18 heavy (non-hydrogen) atoms. The van der Waals surface area contributed by atoms with Crippen LogP contribution in [0, 0.1) is 0 Å². The normalized spacial score (nSPS) is 22.1. The Labute approximate surface area is 113 Å². The molecule has 1 unspecified atom stereocenters. The lowest BCUT2D eigenvalue weighted by Gasteiger charge is -2.36. The van der Waals surface area contributed by atoms with Gasteiger partial charge in [-0.2, -0.15) is 0 Å². The molecular weight excluding hydrogens is 248 g/mol. The first-order valence-corrected chi connectivity index (χ1v) is 6.60. The van der Waals surface area contributed by atoms with Gasteiger partial charge in [0, 0.05) is 31.1 Å². The molecule has 0 saturated carbocycles. The predicted molar refractivity (Wildman–Crippen MR) is 74.1 cm³/mol. The number of halogens is 1. The Bertz CT molecular complexity index is 436. The zero-order chi connectivity index (χ0) is 13.1. The smallest absolute Gasteiger partial charge is 0.155 e. The molecule has 1 heterocycles. The third-order valence-corrected chi connectivity index (χ3v) is 3.91. The lowest BCUT2D eigenvalue weighted by Crippen LogP contribution is -2.53. The van der Waals surface area contributed by atoms with Crippen molar-refractivity contribution in [1.29, 1.82) is 0 Å². The second-order valence-corrected chi connectivity index (χ2v) is 5.40. The van der Waals surface area contributed by atoms with Crippen molar-refractivity contribution >= 4 is 17.4 Å². The van der Waals surface area contributed by atoms with E-state index in [1.165, 1.54) is 0 Å². The van der Waals surface area contributed by atoms with E-state index in [0.29, 0.717) is 11.4 Å². The van der Waals surface area contributed by atoms with E-state index in [9.17, 15) is 4.79 Å². The van der Waals surface area contributed by atoms with E-state index < -0.39 is 0 Å². The number of likely N-dealkylation sites (N-methyl/N-ethyl adjacent to an activating group) is 2. The summed E-state index contributed by atoms with van der Waals surface area (Å²) in [6, 6.07) is 7.55. The molecular formula is C14H19ClN2O. The number of benzene rings is 1. The summed E-state index contributed by atoms with van der Waals surface area (Å²) in [5, 5.41) is 0.678. The van der Waals surface area contributed by atoms with Gasteiger partial charge in [-0.1, -0.05) is 29.8 Å². The van der Waals surface area contributed by atoms with E-state index in [2.05, 4.69) is 16.8 Å². The summed E-state index contributed by atoms with van der Waals surface area (Å²) in [4.78, 5) is 16.7. The number of ketones is 1. The summed E-state index contributed by atoms with van der Waals surface area (Å²) < 4.78 is 0. The lowest BCUT2D eigenvalue weighted by molar-refractivity contribution is -0.125. The fourth-order valence-electron chi connectivity index (χ4n) is 2.31. The fourth-order valence-corrected chi connectivity index (χ4v) is 2.51. The molecule has 1 aliphatic heterocycles. The molecule has 4 heteroatoms. The fraction of sp³-hybridized carbons (Fsp3) is 0.500. The number of rotatable bonds is 3. The molecule has 1 saturated heterocycles. The Kier molecular flexibility index (Phi) is 4.38. The van der Waals surface area contributed by atoms with Gasteiger partial charge in [0.05, 0.1) is 6.04 Å². The quantitative estimate of drug-likeness (QED) is 0.832. The second-order valence-electron chi connectivity index (χ2n) is 4.99. The summed E-state index contributed by atoms with van der Waals surface area (Å²) in [6.45, 7) is 2.77. The van der Waals surface area contributed by atoms with Crippen molar-refractivity contribution in [2.45, 2.75) is 12.5 Å². The molecule has 1 fully saturated rings. The van der Waals surface area contributed by atoms with Gasteiger partial charge in [0.2, 0.25) is 0 Å². The number of piperazine rings is 1. The van der Waals surface area contributed by atoms with E-state index in [0.717, 1.165) is 25.2 Å². The van der Waals surface area contributed by atoms with Crippen LogP contribution in [0.25, 0.3) is 0 Å². The van der Waals surface area contributed by atoms with Crippen molar-refractivity contribution in [2.75, 3.05) is 33.7 Å². The number of carbonyl (C=O) groups is 1. The first-order valence-electron chi connectivity index (χ1n) is 6.23. The van der Waals surface area contributed by atoms with E-state index in [4.69, 9.17) is 11.6 Å². The first-order chi connectivity index (χ1) is 8.58. The Hall–Kier alpha value is -0.900. The summed E-state index contributed by atoms with van der Waals surface area (Å²) in [5.74, 6) is 0.247. The Morgan fingerprint density at radius 2 is 2.06 bits per heavy atom. The molecule has 0 aromatic heterocycles. The van der Waals surface area contributed by atoms with Gasteiger partial charge in [-0.15, -0.1) is 0 Å². The van der Waals surface area contributed by atoms with E-state index in [1.54, 1.807) is 0 Å². The highest BCUT2D eigenvalue weighted by atomic mass is 35.5. The van der Waals surface area contributed by atoms with Crippen molar-refractivity contribution in [3.8, 4) is 0 Å². The summed E-state index contributed by atoms with van der Waals surface area (Å²) in [6.07, 6.45) is 0.419. The molecule has 0 amide bonds. The monoisotopic (exact) mass is 266 g/mol. The third kappa shape index (κ3) is 3.10. The highest BCUT2D eigenvalue weighted by molar-refractivity contribution is 6.31.